The van der Waals surface area contributed by atoms with Crippen molar-refractivity contribution in [2.24, 2.45) is 0 Å². The maximum absolute atomic E-state index is 11.6. The molecular weight excluding hydrogens is 166 g/mol. The van der Waals surface area contributed by atoms with Gasteiger partial charge in [-0.15, -0.1) is 0 Å². The fourth-order valence-electron chi connectivity index (χ4n) is 1.72. The number of aliphatic hydroxyl groups is 1. The van der Waals surface area contributed by atoms with E-state index in [0.29, 0.717) is 24.2 Å². The van der Waals surface area contributed by atoms with Crippen LogP contribution in [0.1, 0.15) is 30.7 Å². The van der Waals surface area contributed by atoms with E-state index in [1.54, 1.807) is 19.1 Å². The van der Waals surface area contributed by atoms with Crippen molar-refractivity contribution in [3.05, 3.63) is 34.8 Å². The van der Waals surface area contributed by atoms with E-state index < -0.39 is 5.60 Å². The largest absolute Gasteiger partial charge is 0.618 e. The summed E-state index contributed by atoms with van der Waals surface area (Å²) in [5.41, 5.74) is 0.282. The second-order valence-corrected chi connectivity index (χ2v) is 3.73. The molecule has 70 valence electrons. The molecule has 0 saturated heterocycles. The molecule has 3 nitrogen and oxygen atoms in total. The van der Waals surface area contributed by atoms with Gasteiger partial charge in [-0.1, -0.05) is 0 Å². The van der Waals surface area contributed by atoms with Crippen LogP contribution in [0.5, 0.6) is 0 Å². The SMILES string of the molecule is Cc1cccc(C2(O)CCC2)[n+]1[O-]. The summed E-state index contributed by atoms with van der Waals surface area (Å²) in [7, 11) is 0. The van der Waals surface area contributed by atoms with Crippen molar-refractivity contribution in [1.29, 1.82) is 0 Å². The van der Waals surface area contributed by atoms with Crippen molar-refractivity contribution in [1.82, 2.24) is 0 Å². The first-order valence-corrected chi connectivity index (χ1v) is 4.55. The lowest BCUT2D eigenvalue weighted by atomic mass is 9.77. The van der Waals surface area contributed by atoms with Gasteiger partial charge in [0.25, 0.3) is 0 Å². The van der Waals surface area contributed by atoms with E-state index in [1.807, 2.05) is 6.07 Å². The number of hydrogen-bond donors (Lipinski definition) is 1. The van der Waals surface area contributed by atoms with Gasteiger partial charge in [-0.3, -0.25) is 0 Å². The molecule has 13 heavy (non-hydrogen) atoms. The molecule has 1 aromatic heterocycles. The number of pyridine rings is 1. The summed E-state index contributed by atoms with van der Waals surface area (Å²) < 4.78 is 0.832. The molecule has 1 aliphatic rings. The smallest absolute Gasteiger partial charge is 0.224 e. The molecule has 0 atom stereocenters. The predicted octanol–water partition coefficient (Wildman–Crippen LogP) is 1.000. The molecule has 1 saturated carbocycles. The fraction of sp³-hybridized carbons (Fsp3) is 0.500. The highest BCUT2D eigenvalue weighted by Gasteiger charge is 2.42. The van der Waals surface area contributed by atoms with Gasteiger partial charge in [0.2, 0.25) is 5.69 Å². The molecule has 0 radical (unpaired) electrons. The van der Waals surface area contributed by atoms with Crippen LogP contribution in [0, 0.1) is 12.1 Å². The van der Waals surface area contributed by atoms with E-state index in [-0.39, 0.29) is 0 Å². The Bertz CT molecular complexity index is 332. The molecule has 1 N–H and O–H groups in total. The molecule has 1 heterocycles. The van der Waals surface area contributed by atoms with Gasteiger partial charge in [0, 0.05) is 19.1 Å². The van der Waals surface area contributed by atoms with Crippen molar-refractivity contribution in [3.63, 3.8) is 0 Å². The van der Waals surface area contributed by atoms with E-state index in [4.69, 9.17) is 0 Å². The molecule has 1 fully saturated rings. The maximum atomic E-state index is 11.6. The fourth-order valence-corrected chi connectivity index (χ4v) is 1.72. The average Bonchev–Trinajstić information content (AvgIpc) is 2.06. The summed E-state index contributed by atoms with van der Waals surface area (Å²) in [6.07, 6.45) is 2.42. The number of nitrogens with zero attached hydrogens (tertiary/aromatic N) is 1. The van der Waals surface area contributed by atoms with E-state index in [2.05, 4.69) is 0 Å². The monoisotopic (exact) mass is 179 g/mol. The summed E-state index contributed by atoms with van der Waals surface area (Å²) in [6, 6.07) is 5.27. The van der Waals surface area contributed by atoms with Crippen LogP contribution in [0.3, 0.4) is 0 Å². The zero-order valence-corrected chi connectivity index (χ0v) is 7.66. The predicted molar refractivity (Wildman–Crippen MR) is 47.9 cm³/mol. The third-order valence-corrected chi connectivity index (χ3v) is 2.79. The normalized spacial score (nSPS) is 19.5. The molecular formula is C10H13NO2. The lowest BCUT2D eigenvalue weighted by Gasteiger charge is -2.34. The van der Waals surface area contributed by atoms with E-state index in [1.165, 1.54) is 0 Å². The molecule has 0 spiro atoms. The van der Waals surface area contributed by atoms with Crippen LogP contribution in [-0.4, -0.2) is 5.11 Å². The molecule has 0 unspecified atom stereocenters. The van der Waals surface area contributed by atoms with Gasteiger partial charge in [-0.25, -0.2) is 0 Å². The van der Waals surface area contributed by atoms with Gasteiger partial charge < -0.3 is 10.3 Å². The van der Waals surface area contributed by atoms with Gasteiger partial charge in [0.15, 0.2) is 5.69 Å². The van der Waals surface area contributed by atoms with Gasteiger partial charge in [0.05, 0.1) is 0 Å². The van der Waals surface area contributed by atoms with Crippen molar-refractivity contribution in [3.8, 4) is 0 Å². The number of aryl methyl sites for hydroxylation is 1. The van der Waals surface area contributed by atoms with Crippen molar-refractivity contribution in [2.75, 3.05) is 0 Å². The van der Waals surface area contributed by atoms with Crippen LogP contribution < -0.4 is 4.73 Å². The van der Waals surface area contributed by atoms with Crippen LogP contribution in [-0.2, 0) is 5.60 Å². The van der Waals surface area contributed by atoms with E-state index >= 15 is 0 Å². The Morgan fingerprint density at radius 2 is 2.15 bits per heavy atom. The second-order valence-electron chi connectivity index (χ2n) is 3.73. The van der Waals surface area contributed by atoms with Crippen LogP contribution in [0.2, 0.25) is 0 Å². The summed E-state index contributed by atoms with van der Waals surface area (Å²) in [4.78, 5) is 0. The van der Waals surface area contributed by atoms with Crippen molar-refractivity contribution in [2.45, 2.75) is 31.8 Å². The average molecular weight is 179 g/mol. The lowest BCUT2D eigenvalue weighted by Crippen LogP contribution is -2.47. The third kappa shape index (κ3) is 1.20. The Morgan fingerprint density at radius 1 is 1.46 bits per heavy atom. The van der Waals surface area contributed by atoms with Crippen LogP contribution in [0.15, 0.2) is 18.2 Å². The van der Waals surface area contributed by atoms with Crippen LogP contribution in [0.25, 0.3) is 0 Å². The highest BCUT2D eigenvalue weighted by atomic mass is 16.5. The third-order valence-electron chi connectivity index (χ3n) is 2.79. The Morgan fingerprint density at radius 3 is 2.69 bits per heavy atom. The Labute approximate surface area is 77.2 Å². The van der Waals surface area contributed by atoms with E-state index in [0.717, 1.165) is 11.2 Å². The minimum absolute atomic E-state index is 0.499. The maximum Gasteiger partial charge on any atom is 0.224 e. The summed E-state index contributed by atoms with van der Waals surface area (Å²) >= 11 is 0. The Hall–Kier alpha value is -1.09. The zero-order valence-electron chi connectivity index (χ0n) is 7.66. The highest BCUT2D eigenvalue weighted by Crippen LogP contribution is 2.39. The Kier molecular flexibility index (Phi) is 1.77. The second kappa shape index (κ2) is 2.70. The summed E-state index contributed by atoms with van der Waals surface area (Å²) in [5, 5.41) is 21.5. The van der Waals surface area contributed by atoms with Crippen LogP contribution >= 0.6 is 0 Å². The minimum atomic E-state index is -0.853. The number of rotatable bonds is 1. The molecule has 0 amide bonds. The first kappa shape index (κ1) is 8.51. The minimum Gasteiger partial charge on any atom is -0.618 e. The molecule has 1 aliphatic carbocycles. The van der Waals surface area contributed by atoms with Gasteiger partial charge in [-0.05, 0) is 25.3 Å². The Balaban J connectivity index is 2.45. The number of aromatic nitrogens is 1. The van der Waals surface area contributed by atoms with Gasteiger partial charge >= 0.3 is 0 Å². The van der Waals surface area contributed by atoms with E-state index in [9.17, 15) is 10.3 Å². The van der Waals surface area contributed by atoms with Gasteiger partial charge in [-0.2, -0.15) is 4.73 Å². The zero-order chi connectivity index (χ0) is 9.47. The van der Waals surface area contributed by atoms with Crippen LogP contribution in [0.4, 0.5) is 0 Å². The van der Waals surface area contributed by atoms with Gasteiger partial charge in [0.1, 0.15) is 5.60 Å². The molecule has 0 aliphatic heterocycles. The first-order chi connectivity index (χ1) is 6.13. The quantitative estimate of drug-likeness (QED) is 0.516. The standard InChI is InChI=1S/C10H13NO2/c1-8-4-2-5-9(11(8)13)10(12)6-3-7-10/h2,4-5,12H,3,6-7H2,1H3. The van der Waals surface area contributed by atoms with Crippen molar-refractivity contribution >= 4 is 0 Å². The first-order valence-electron chi connectivity index (χ1n) is 4.55. The molecule has 0 bridgehead atoms. The number of hydrogen-bond acceptors (Lipinski definition) is 2. The molecule has 1 aromatic rings. The lowest BCUT2D eigenvalue weighted by molar-refractivity contribution is -0.631. The topological polar surface area (TPSA) is 47.2 Å². The van der Waals surface area contributed by atoms with Crippen molar-refractivity contribution < 1.29 is 9.84 Å². The molecule has 0 aromatic carbocycles. The summed E-state index contributed by atoms with van der Waals surface area (Å²) in [6.45, 7) is 1.75. The summed E-state index contributed by atoms with van der Waals surface area (Å²) in [5.74, 6) is 0. The molecule has 2 rings (SSSR count). The molecule has 3 heteroatoms. The highest BCUT2D eigenvalue weighted by molar-refractivity contribution is 5.13.